The molecule has 4 amide bonds. The van der Waals surface area contributed by atoms with E-state index in [1.165, 1.54) is 12.2 Å². The summed E-state index contributed by atoms with van der Waals surface area (Å²) in [5, 5.41) is 5.76. The van der Waals surface area contributed by atoms with Crippen LogP contribution in [0.15, 0.2) is 49.6 Å². The van der Waals surface area contributed by atoms with E-state index in [0.717, 1.165) is 11.1 Å². The molecule has 1 aromatic rings. The van der Waals surface area contributed by atoms with Gasteiger partial charge in [0.1, 0.15) is 13.2 Å². The average Bonchev–Trinajstić information content (AvgIpc) is 2.90. The Hall–Kier alpha value is -3.82. The van der Waals surface area contributed by atoms with Gasteiger partial charge in [0.05, 0.1) is 24.2 Å². The monoisotopic (exact) mass is 586 g/mol. The third kappa shape index (κ3) is 12.4. The maximum atomic E-state index is 12.6. The minimum Gasteiger partial charge on any atom is -0.448 e. The fourth-order valence-electron chi connectivity index (χ4n) is 4.24. The second-order valence-corrected chi connectivity index (χ2v) is 12.1. The van der Waals surface area contributed by atoms with Crippen LogP contribution in [0.4, 0.5) is 9.59 Å². The minimum absolute atomic E-state index is 0.0459. The van der Waals surface area contributed by atoms with Crippen LogP contribution in [-0.4, -0.2) is 73.2 Å². The van der Waals surface area contributed by atoms with E-state index in [0.29, 0.717) is 13.1 Å². The van der Waals surface area contributed by atoms with Crippen molar-refractivity contribution in [2.24, 2.45) is 11.8 Å². The summed E-state index contributed by atoms with van der Waals surface area (Å²) in [6.07, 6.45) is 1.29. The van der Waals surface area contributed by atoms with Crippen molar-refractivity contribution in [3.05, 3.63) is 60.7 Å². The van der Waals surface area contributed by atoms with E-state index in [1.54, 1.807) is 9.80 Å². The Kier molecular flexibility index (Phi) is 14.3. The van der Waals surface area contributed by atoms with Crippen LogP contribution in [0.2, 0.25) is 0 Å². The summed E-state index contributed by atoms with van der Waals surface area (Å²) in [6, 6.07) is 7.51. The highest BCUT2D eigenvalue weighted by atomic mass is 16.6. The van der Waals surface area contributed by atoms with Crippen LogP contribution in [0.5, 0.6) is 0 Å². The van der Waals surface area contributed by atoms with Crippen LogP contribution < -0.4 is 10.6 Å². The minimum atomic E-state index is -0.796. The van der Waals surface area contributed by atoms with Crippen molar-refractivity contribution < 1.29 is 28.7 Å². The van der Waals surface area contributed by atoms with E-state index in [9.17, 15) is 19.2 Å². The van der Waals surface area contributed by atoms with E-state index in [-0.39, 0.29) is 50.0 Å². The summed E-state index contributed by atoms with van der Waals surface area (Å²) in [7, 11) is 0. The normalized spacial score (nSPS) is 11.5. The van der Waals surface area contributed by atoms with Gasteiger partial charge in [-0.25, -0.2) is 9.59 Å². The Morgan fingerprint density at radius 1 is 0.762 bits per heavy atom. The fraction of sp³-hybridized carbons (Fsp3) is 0.562. The molecule has 0 saturated carbocycles. The van der Waals surface area contributed by atoms with E-state index < -0.39 is 23.3 Å². The van der Waals surface area contributed by atoms with Gasteiger partial charge in [0.25, 0.3) is 0 Å². The van der Waals surface area contributed by atoms with Gasteiger partial charge >= 0.3 is 12.2 Å². The highest BCUT2D eigenvalue weighted by Crippen LogP contribution is 2.27. The summed E-state index contributed by atoms with van der Waals surface area (Å²) in [5.74, 6) is 0.118. The van der Waals surface area contributed by atoms with Crippen LogP contribution in [0.1, 0.15) is 66.5 Å². The molecule has 0 aromatic heterocycles. The number of carbonyl (C=O) groups is 4. The first-order valence-corrected chi connectivity index (χ1v) is 14.4. The lowest BCUT2D eigenvalue weighted by molar-refractivity contribution is -0.127. The molecular weight excluding hydrogens is 536 g/mol. The van der Waals surface area contributed by atoms with E-state index in [1.807, 2.05) is 79.7 Å². The van der Waals surface area contributed by atoms with E-state index >= 15 is 0 Å². The van der Waals surface area contributed by atoms with Crippen molar-refractivity contribution in [1.82, 2.24) is 20.4 Å². The molecule has 0 bridgehead atoms. The topological polar surface area (TPSA) is 117 Å². The zero-order valence-corrected chi connectivity index (χ0v) is 26.6. The zero-order chi connectivity index (χ0) is 32.1. The molecule has 0 aliphatic carbocycles. The van der Waals surface area contributed by atoms with Crippen LogP contribution in [0.25, 0.3) is 0 Å². The lowest BCUT2D eigenvalue weighted by atomic mass is 9.87. The molecule has 0 aliphatic rings. The number of alkyl carbamates (subject to hydrolysis) is 2. The lowest BCUT2D eigenvalue weighted by Crippen LogP contribution is -2.44. The number of hydrogen-bond acceptors (Lipinski definition) is 6. The number of benzene rings is 1. The molecule has 0 unspecified atom stereocenters. The third-order valence-electron chi connectivity index (χ3n) is 6.47. The Labute approximate surface area is 251 Å². The Morgan fingerprint density at radius 2 is 1.12 bits per heavy atom. The van der Waals surface area contributed by atoms with Crippen molar-refractivity contribution in [3.63, 3.8) is 0 Å². The molecule has 42 heavy (non-hydrogen) atoms. The van der Waals surface area contributed by atoms with Gasteiger partial charge in [0.2, 0.25) is 11.8 Å². The molecule has 0 saturated heterocycles. The van der Waals surface area contributed by atoms with E-state index in [2.05, 4.69) is 23.8 Å². The first-order valence-electron chi connectivity index (χ1n) is 14.4. The maximum Gasteiger partial charge on any atom is 0.407 e. The second kappa shape index (κ2) is 16.6. The number of nitrogens with one attached hydrogen (secondary N) is 2. The Morgan fingerprint density at radius 3 is 1.43 bits per heavy atom. The van der Waals surface area contributed by atoms with Gasteiger partial charge in [-0.15, -0.1) is 0 Å². The van der Waals surface area contributed by atoms with Gasteiger partial charge < -0.3 is 29.9 Å². The summed E-state index contributed by atoms with van der Waals surface area (Å²) >= 11 is 0. The molecule has 0 atom stereocenters. The van der Waals surface area contributed by atoms with Crippen molar-refractivity contribution >= 4 is 24.0 Å². The van der Waals surface area contributed by atoms with Crippen molar-refractivity contribution in [2.75, 3.05) is 39.4 Å². The number of carbonyl (C=O) groups excluding carboxylic acids is 4. The highest BCUT2D eigenvalue weighted by Gasteiger charge is 2.28. The first kappa shape index (κ1) is 36.2. The van der Waals surface area contributed by atoms with Gasteiger partial charge in [0.15, 0.2) is 0 Å². The van der Waals surface area contributed by atoms with E-state index in [4.69, 9.17) is 9.47 Å². The average molecular weight is 587 g/mol. The molecule has 0 heterocycles. The van der Waals surface area contributed by atoms with Crippen molar-refractivity contribution in [1.29, 1.82) is 0 Å². The van der Waals surface area contributed by atoms with Crippen LogP contribution in [0.3, 0.4) is 0 Å². The molecule has 10 heteroatoms. The number of hydrogen-bond donors (Lipinski definition) is 2. The highest BCUT2D eigenvalue weighted by molar-refractivity contribution is 5.87. The second-order valence-electron chi connectivity index (χ2n) is 12.1. The number of amides is 4. The SMILES string of the molecule is C=CC(=O)N(CCOC(=O)NC(C)(C)c1cccc(C(C)(C)NC(=O)OCCN(CC(C)C)C(=O)C=C)c1)CC(C)C. The van der Waals surface area contributed by atoms with Gasteiger partial charge in [0, 0.05) is 13.1 Å². The standard InChI is InChI=1S/C32H50N4O6/c1-11-27(37)35(21-23(3)4)16-18-41-29(39)33-31(7,8)25-14-13-15-26(20-25)32(9,10)34-30(40)42-19-17-36(22-24(5)6)28(38)12-2/h11-15,20,23-24H,1-2,16-19,21-22H2,3-10H3,(H,33,39)(H,34,40). The predicted molar refractivity (Wildman–Crippen MR) is 165 cm³/mol. The summed E-state index contributed by atoms with van der Waals surface area (Å²) in [4.78, 5) is 52.6. The molecule has 10 nitrogen and oxygen atoms in total. The quantitative estimate of drug-likeness (QED) is 0.265. The first-order chi connectivity index (χ1) is 19.5. The zero-order valence-electron chi connectivity index (χ0n) is 26.6. The molecule has 1 aromatic carbocycles. The third-order valence-corrected chi connectivity index (χ3v) is 6.47. The Balaban J connectivity index is 2.78. The van der Waals surface area contributed by atoms with Gasteiger partial charge in [-0.1, -0.05) is 65.1 Å². The Bertz CT molecular complexity index is 1010. The summed E-state index contributed by atoms with van der Waals surface area (Å²) in [6.45, 7) is 24.2. The summed E-state index contributed by atoms with van der Waals surface area (Å²) < 4.78 is 10.7. The van der Waals surface area contributed by atoms with Gasteiger partial charge in [-0.2, -0.15) is 0 Å². The summed E-state index contributed by atoms with van der Waals surface area (Å²) in [5.41, 5.74) is 0.0115. The lowest BCUT2D eigenvalue weighted by Gasteiger charge is -2.31. The van der Waals surface area contributed by atoms with Crippen LogP contribution in [0, 0.1) is 11.8 Å². The van der Waals surface area contributed by atoms with Crippen molar-refractivity contribution in [2.45, 2.75) is 66.5 Å². The molecule has 0 spiro atoms. The molecule has 0 fully saturated rings. The maximum absolute atomic E-state index is 12.6. The number of ether oxygens (including phenoxy) is 2. The smallest absolute Gasteiger partial charge is 0.407 e. The van der Waals surface area contributed by atoms with Crippen LogP contribution in [-0.2, 0) is 30.1 Å². The molecular formula is C32H50N4O6. The number of nitrogens with zero attached hydrogens (tertiary/aromatic N) is 2. The van der Waals surface area contributed by atoms with Crippen LogP contribution >= 0.6 is 0 Å². The molecule has 1 rings (SSSR count). The fourth-order valence-corrected chi connectivity index (χ4v) is 4.24. The van der Waals surface area contributed by atoms with Gasteiger partial charge in [-0.3, -0.25) is 9.59 Å². The largest absolute Gasteiger partial charge is 0.448 e. The van der Waals surface area contributed by atoms with Crippen molar-refractivity contribution in [3.8, 4) is 0 Å². The number of rotatable bonds is 16. The molecule has 0 radical (unpaired) electrons. The van der Waals surface area contributed by atoms with Gasteiger partial charge in [-0.05, 0) is 62.8 Å². The molecule has 0 aliphatic heterocycles. The predicted octanol–water partition coefficient (Wildman–Crippen LogP) is 4.95. The molecule has 234 valence electrons. The molecule has 2 N–H and O–H groups in total.